The van der Waals surface area contributed by atoms with E-state index >= 15 is 0 Å². The second-order valence-electron chi connectivity index (χ2n) is 7.65. The second-order valence-corrected chi connectivity index (χ2v) is 8.66. The fourth-order valence-corrected chi connectivity index (χ4v) is 5.41. The number of thiazole rings is 1. The van der Waals surface area contributed by atoms with E-state index in [-0.39, 0.29) is 0 Å². The van der Waals surface area contributed by atoms with E-state index in [1.54, 1.807) is 25.3 Å². The first-order chi connectivity index (χ1) is 15.7. The maximum Gasteiger partial charge on any atom is 0.323 e. The quantitative estimate of drug-likeness (QED) is 0.316. The van der Waals surface area contributed by atoms with Crippen LogP contribution >= 0.6 is 11.3 Å². The van der Waals surface area contributed by atoms with E-state index in [1.807, 2.05) is 59.0 Å². The van der Waals surface area contributed by atoms with Gasteiger partial charge in [0.2, 0.25) is 0 Å². The molecule has 6 rings (SSSR count). The summed E-state index contributed by atoms with van der Waals surface area (Å²) in [5.74, 6) is -0.279. The molecule has 3 aromatic carbocycles. The van der Waals surface area contributed by atoms with Crippen molar-refractivity contribution in [2.75, 3.05) is 7.11 Å². The number of benzene rings is 3. The van der Waals surface area contributed by atoms with Crippen molar-refractivity contribution >= 4 is 32.5 Å². The van der Waals surface area contributed by atoms with Gasteiger partial charge in [-0.15, -0.1) is 0 Å². The van der Waals surface area contributed by atoms with E-state index < -0.39 is 18.0 Å². The molecule has 0 spiro atoms. The van der Waals surface area contributed by atoms with E-state index in [1.165, 1.54) is 11.3 Å². The Morgan fingerprint density at radius 1 is 1.06 bits per heavy atom. The molecule has 1 N–H and O–H groups in total. The van der Waals surface area contributed by atoms with Crippen LogP contribution in [0, 0.1) is 0 Å². The van der Waals surface area contributed by atoms with Crippen LogP contribution in [0.3, 0.4) is 0 Å². The molecule has 2 aromatic heterocycles. The number of para-hydroxylation sites is 1. The molecule has 2 unspecified atom stereocenters. The number of nitrogens with zero attached hydrogens (tertiary/aromatic N) is 2. The third-order valence-electron chi connectivity index (χ3n) is 5.85. The van der Waals surface area contributed by atoms with Crippen LogP contribution in [0.4, 0.5) is 0 Å². The second kappa shape index (κ2) is 7.19. The Morgan fingerprint density at radius 3 is 2.66 bits per heavy atom. The fourth-order valence-electron chi connectivity index (χ4n) is 4.35. The number of hydrogen-bond acceptors (Lipinski definition) is 6. The number of esters is 1. The van der Waals surface area contributed by atoms with E-state index in [4.69, 9.17) is 14.5 Å². The van der Waals surface area contributed by atoms with Gasteiger partial charge in [-0.2, -0.15) is 0 Å². The first-order valence-electron chi connectivity index (χ1n) is 10.2. The van der Waals surface area contributed by atoms with Crippen molar-refractivity contribution in [3.05, 3.63) is 84.1 Å². The normalized spacial score (nSPS) is 18.0. The Hall–Kier alpha value is -3.68. The standard InChI is InChI=1S/C25H18N2O4S/c1-30-15-11-12-17-19(13-15)32-25-26-21(14-7-3-2-4-8-14)22(27(17)25)20-23(28)16-9-5-6-10-18(16)31-24(20)29/h2-13,20,23,28H,1H3. The molecule has 0 amide bonds. The number of hydrogen-bond donors (Lipinski definition) is 1. The van der Waals surface area contributed by atoms with Gasteiger partial charge in [0.1, 0.15) is 23.5 Å². The number of carbonyl (C=O) groups excluding carboxylic acids is 1. The van der Waals surface area contributed by atoms with E-state index in [0.29, 0.717) is 22.7 Å². The molecule has 158 valence electrons. The van der Waals surface area contributed by atoms with Crippen LogP contribution in [0.5, 0.6) is 11.5 Å². The SMILES string of the molecule is COc1ccc2c(c1)sc1nc(-c3ccccc3)c(C3C(=O)Oc4ccccc4C3O)n12. The number of aliphatic hydroxyl groups excluding tert-OH is 1. The molecule has 0 aliphatic carbocycles. The molecule has 0 radical (unpaired) electrons. The van der Waals surface area contributed by atoms with Gasteiger partial charge < -0.3 is 14.6 Å². The molecule has 1 aliphatic rings. The molecule has 5 aromatic rings. The number of imidazole rings is 1. The zero-order valence-corrected chi connectivity index (χ0v) is 17.9. The molecule has 2 atom stereocenters. The Balaban J connectivity index is 1.66. The lowest BCUT2D eigenvalue weighted by molar-refractivity contribution is -0.141. The highest BCUT2D eigenvalue weighted by atomic mass is 32.1. The molecule has 6 nitrogen and oxygen atoms in total. The van der Waals surface area contributed by atoms with Crippen molar-refractivity contribution in [2.45, 2.75) is 12.0 Å². The van der Waals surface area contributed by atoms with Crippen LogP contribution in [0.15, 0.2) is 72.8 Å². The van der Waals surface area contributed by atoms with E-state index in [0.717, 1.165) is 26.5 Å². The molecule has 0 fully saturated rings. The topological polar surface area (TPSA) is 73.1 Å². The summed E-state index contributed by atoms with van der Waals surface area (Å²) in [6.07, 6.45) is -1.05. The maximum atomic E-state index is 13.2. The third kappa shape index (κ3) is 2.75. The third-order valence-corrected chi connectivity index (χ3v) is 6.85. The van der Waals surface area contributed by atoms with Gasteiger partial charge in [-0.1, -0.05) is 59.9 Å². The van der Waals surface area contributed by atoms with Gasteiger partial charge in [0.15, 0.2) is 4.96 Å². The minimum atomic E-state index is -1.05. The lowest BCUT2D eigenvalue weighted by Gasteiger charge is -2.28. The lowest BCUT2D eigenvalue weighted by atomic mass is 9.88. The number of methoxy groups -OCH3 is 1. The molecule has 0 saturated carbocycles. The zero-order valence-electron chi connectivity index (χ0n) is 17.1. The summed E-state index contributed by atoms with van der Waals surface area (Å²) in [5.41, 5.74) is 3.64. The number of aliphatic hydroxyl groups is 1. The van der Waals surface area contributed by atoms with Crippen LogP contribution in [0.2, 0.25) is 0 Å². The molecule has 7 heteroatoms. The zero-order chi connectivity index (χ0) is 21.8. The van der Waals surface area contributed by atoms with Crippen molar-refractivity contribution in [3.8, 4) is 22.8 Å². The predicted octanol–water partition coefficient (Wildman–Crippen LogP) is 4.96. The lowest BCUT2D eigenvalue weighted by Crippen LogP contribution is -2.31. The van der Waals surface area contributed by atoms with Gasteiger partial charge in [0, 0.05) is 11.1 Å². The molecule has 1 aliphatic heterocycles. The van der Waals surface area contributed by atoms with Gasteiger partial charge in [-0.05, 0) is 24.3 Å². The van der Waals surface area contributed by atoms with Gasteiger partial charge in [0.05, 0.1) is 28.7 Å². The van der Waals surface area contributed by atoms with Crippen LogP contribution in [0.1, 0.15) is 23.3 Å². The Bertz CT molecular complexity index is 1490. The number of fused-ring (bicyclic) bond motifs is 4. The van der Waals surface area contributed by atoms with Crippen LogP contribution in [-0.2, 0) is 4.79 Å². The van der Waals surface area contributed by atoms with Gasteiger partial charge in [-0.25, -0.2) is 4.98 Å². The molecule has 3 heterocycles. The largest absolute Gasteiger partial charge is 0.497 e. The summed E-state index contributed by atoms with van der Waals surface area (Å²) in [7, 11) is 1.63. The minimum Gasteiger partial charge on any atom is -0.497 e. The van der Waals surface area contributed by atoms with Crippen molar-refractivity contribution in [1.29, 1.82) is 0 Å². The Labute approximate surface area is 187 Å². The fraction of sp³-hybridized carbons (Fsp3) is 0.120. The monoisotopic (exact) mass is 442 g/mol. The summed E-state index contributed by atoms with van der Waals surface area (Å²) in [6, 6.07) is 22.6. The average Bonchev–Trinajstić information content (AvgIpc) is 3.35. The van der Waals surface area contributed by atoms with Crippen molar-refractivity contribution in [1.82, 2.24) is 9.38 Å². The maximum absolute atomic E-state index is 13.2. The smallest absolute Gasteiger partial charge is 0.323 e. The summed E-state index contributed by atoms with van der Waals surface area (Å²) in [6.45, 7) is 0. The molecule has 32 heavy (non-hydrogen) atoms. The molecule has 0 saturated heterocycles. The average molecular weight is 442 g/mol. The number of ether oxygens (including phenoxy) is 2. The Morgan fingerprint density at radius 2 is 1.84 bits per heavy atom. The van der Waals surface area contributed by atoms with Gasteiger partial charge >= 0.3 is 5.97 Å². The minimum absolute atomic E-state index is 0.392. The van der Waals surface area contributed by atoms with E-state index in [9.17, 15) is 9.90 Å². The number of aromatic nitrogens is 2. The molecular weight excluding hydrogens is 424 g/mol. The van der Waals surface area contributed by atoms with Crippen molar-refractivity contribution in [3.63, 3.8) is 0 Å². The van der Waals surface area contributed by atoms with Gasteiger partial charge in [0.25, 0.3) is 0 Å². The van der Waals surface area contributed by atoms with Crippen LogP contribution in [-0.4, -0.2) is 27.6 Å². The molecule has 0 bridgehead atoms. The van der Waals surface area contributed by atoms with Crippen molar-refractivity contribution < 1.29 is 19.4 Å². The number of carbonyl (C=O) groups is 1. The highest BCUT2D eigenvalue weighted by molar-refractivity contribution is 7.23. The van der Waals surface area contributed by atoms with Gasteiger partial charge in [-0.3, -0.25) is 9.20 Å². The van der Waals surface area contributed by atoms with Crippen LogP contribution < -0.4 is 9.47 Å². The van der Waals surface area contributed by atoms with Crippen LogP contribution in [0.25, 0.3) is 26.4 Å². The first kappa shape index (κ1) is 19.0. The highest BCUT2D eigenvalue weighted by Crippen LogP contribution is 2.46. The molecular formula is C25H18N2O4S. The van der Waals surface area contributed by atoms with E-state index in [2.05, 4.69) is 0 Å². The highest BCUT2D eigenvalue weighted by Gasteiger charge is 2.42. The first-order valence-corrected chi connectivity index (χ1v) is 11.0. The summed E-state index contributed by atoms with van der Waals surface area (Å²) < 4.78 is 14.0. The summed E-state index contributed by atoms with van der Waals surface area (Å²) in [4.78, 5) is 18.8. The summed E-state index contributed by atoms with van der Waals surface area (Å²) in [5, 5.41) is 11.3. The Kier molecular flexibility index (Phi) is 4.28. The summed E-state index contributed by atoms with van der Waals surface area (Å²) >= 11 is 1.51. The predicted molar refractivity (Wildman–Crippen MR) is 122 cm³/mol. The number of rotatable bonds is 3. The van der Waals surface area contributed by atoms with Crippen molar-refractivity contribution in [2.24, 2.45) is 0 Å².